The second-order valence-electron chi connectivity index (χ2n) is 7.38. The van der Waals surface area contributed by atoms with Crippen LogP contribution in [-0.4, -0.2) is 27.7 Å². The van der Waals surface area contributed by atoms with Crippen LogP contribution in [0.1, 0.15) is 32.0 Å². The van der Waals surface area contributed by atoms with Gasteiger partial charge in [-0.1, -0.05) is 50.3 Å². The van der Waals surface area contributed by atoms with Crippen molar-refractivity contribution >= 4 is 21.4 Å². The number of ether oxygens (including phenoxy) is 1. The number of imidazole rings is 1. The van der Waals surface area contributed by atoms with E-state index in [1.54, 1.807) is 11.3 Å². The zero-order valence-corrected chi connectivity index (χ0v) is 15.1. The Labute approximate surface area is 145 Å². The van der Waals surface area contributed by atoms with Crippen LogP contribution < -0.4 is 10.1 Å². The molecule has 2 aromatic heterocycles. The third-order valence-electron chi connectivity index (χ3n) is 4.31. The second-order valence-corrected chi connectivity index (χ2v) is 8.34. The molecular formula is C18H22N4OS. The normalized spacial score (nSPS) is 17.5. The van der Waals surface area contributed by atoms with Gasteiger partial charge < -0.3 is 10.1 Å². The van der Waals surface area contributed by atoms with E-state index in [0.29, 0.717) is 5.92 Å². The molecule has 4 rings (SSSR count). The van der Waals surface area contributed by atoms with Crippen molar-refractivity contribution in [2.45, 2.75) is 32.6 Å². The maximum atomic E-state index is 5.85. The molecule has 3 aromatic rings. The third-order valence-corrected chi connectivity index (χ3v) is 5.19. The maximum Gasteiger partial charge on any atom is 0.214 e. The molecule has 1 atom stereocenters. The van der Waals surface area contributed by atoms with Crippen LogP contribution in [0.25, 0.3) is 4.96 Å². The van der Waals surface area contributed by atoms with Gasteiger partial charge in [-0.2, -0.15) is 0 Å². The van der Waals surface area contributed by atoms with Gasteiger partial charge in [0.15, 0.2) is 0 Å². The third kappa shape index (κ3) is 2.98. The van der Waals surface area contributed by atoms with Gasteiger partial charge >= 0.3 is 0 Å². The summed E-state index contributed by atoms with van der Waals surface area (Å²) in [5.74, 6) is 1.48. The van der Waals surface area contributed by atoms with E-state index in [1.165, 1.54) is 5.56 Å². The fraction of sp³-hybridized carbons (Fsp3) is 0.444. The van der Waals surface area contributed by atoms with Crippen LogP contribution in [0.15, 0.2) is 30.5 Å². The lowest BCUT2D eigenvalue weighted by Crippen LogP contribution is -2.27. The molecule has 0 spiro atoms. The highest BCUT2D eigenvalue weighted by atomic mass is 32.1. The average molecular weight is 342 g/mol. The Balaban J connectivity index is 1.41. The van der Waals surface area contributed by atoms with Crippen molar-refractivity contribution in [2.24, 2.45) is 5.92 Å². The number of fused-ring (bicyclic) bond motifs is 2. The highest BCUT2D eigenvalue weighted by Crippen LogP contribution is 2.28. The first-order valence-electron chi connectivity index (χ1n) is 8.30. The molecule has 0 saturated carbocycles. The highest BCUT2D eigenvalue weighted by molar-refractivity contribution is 7.20. The van der Waals surface area contributed by atoms with Crippen LogP contribution in [0.5, 0.6) is 5.75 Å². The minimum atomic E-state index is 0.0494. The SMILES string of the molecule is CC(C)(C)c1cn2nc(NC[C@@H]3COc4ccccc4C3)sc2n1. The number of hydrogen-bond donors (Lipinski definition) is 1. The second kappa shape index (κ2) is 5.77. The summed E-state index contributed by atoms with van der Waals surface area (Å²) >= 11 is 1.60. The predicted molar refractivity (Wildman–Crippen MR) is 97.2 cm³/mol. The zero-order chi connectivity index (χ0) is 16.7. The van der Waals surface area contributed by atoms with Crippen molar-refractivity contribution < 1.29 is 4.74 Å². The van der Waals surface area contributed by atoms with E-state index in [1.807, 2.05) is 22.8 Å². The van der Waals surface area contributed by atoms with Gasteiger partial charge in [-0.25, -0.2) is 9.50 Å². The summed E-state index contributed by atoms with van der Waals surface area (Å²) in [4.78, 5) is 5.62. The van der Waals surface area contributed by atoms with Crippen molar-refractivity contribution in [3.63, 3.8) is 0 Å². The highest BCUT2D eigenvalue weighted by Gasteiger charge is 2.21. The molecule has 0 aliphatic carbocycles. The van der Waals surface area contributed by atoms with Crippen molar-refractivity contribution in [3.8, 4) is 5.75 Å². The number of benzene rings is 1. The Morgan fingerprint density at radius 3 is 2.96 bits per heavy atom. The Kier molecular flexibility index (Phi) is 3.72. The van der Waals surface area contributed by atoms with Crippen molar-refractivity contribution in [2.75, 3.05) is 18.5 Å². The van der Waals surface area contributed by atoms with Crippen molar-refractivity contribution in [3.05, 3.63) is 41.7 Å². The average Bonchev–Trinajstić information content (AvgIpc) is 3.11. The first-order chi connectivity index (χ1) is 11.5. The largest absolute Gasteiger partial charge is 0.493 e. The van der Waals surface area contributed by atoms with Crippen LogP contribution >= 0.6 is 11.3 Å². The van der Waals surface area contributed by atoms with Gasteiger partial charge in [0.1, 0.15) is 5.75 Å². The molecule has 1 aliphatic rings. The number of anilines is 1. The van der Waals surface area contributed by atoms with Crippen LogP contribution in [0.3, 0.4) is 0 Å². The number of nitrogens with one attached hydrogen (secondary N) is 1. The minimum absolute atomic E-state index is 0.0494. The summed E-state index contributed by atoms with van der Waals surface area (Å²) < 4.78 is 7.72. The molecule has 0 saturated heterocycles. The first kappa shape index (κ1) is 15.4. The van der Waals surface area contributed by atoms with Crippen molar-refractivity contribution in [1.82, 2.24) is 14.6 Å². The minimum Gasteiger partial charge on any atom is -0.493 e. The monoisotopic (exact) mass is 342 g/mol. The van der Waals surface area contributed by atoms with Gasteiger partial charge in [0.2, 0.25) is 10.1 Å². The molecule has 5 nitrogen and oxygen atoms in total. The van der Waals surface area contributed by atoms with E-state index in [0.717, 1.165) is 41.1 Å². The maximum absolute atomic E-state index is 5.85. The van der Waals surface area contributed by atoms with Crippen LogP contribution in [0, 0.1) is 5.92 Å². The van der Waals surface area contributed by atoms with Crippen LogP contribution in [-0.2, 0) is 11.8 Å². The number of nitrogens with zero attached hydrogens (tertiary/aromatic N) is 3. The molecule has 0 amide bonds. The molecular weight excluding hydrogens is 320 g/mol. The van der Waals surface area contributed by atoms with E-state index < -0.39 is 0 Å². The Hall–Kier alpha value is -2.08. The van der Waals surface area contributed by atoms with E-state index >= 15 is 0 Å². The lowest BCUT2D eigenvalue weighted by molar-refractivity contribution is 0.229. The van der Waals surface area contributed by atoms with Gasteiger partial charge in [-0.3, -0.25) is 0 Å². The summed E-state index contributed by atoms with van der Waals surface area (Å²) in [6.07, 6.45) is 3.07. The Bertz CT molecular complexity index is 830. The molecule has 0 unspecified atom stereocenters. The lowest BCUT2D eigenvalue weighted by Gasteiger charge is -2.25. The summed E-state index contributed by atoms with van der Waals surface area (Å²) in [5.41, 5.74) is 2.41. The van der Waals surface area contributed by atoms with Crippen LogP contribution in [0.4, 0.5) is 5.13 Å². The quantitative estimate of drug-likeness (QED) is 0.787. The fourth-order valence-electron chi connectivity index (χ4n) is 2.89. The molecule has 126 valence electrons. The molecule has 1 N–H and O–H groups in total. The summed E-state index contributed by atoms with van der Waals surface area (Å²) in [6, 6.07) is 8.28. The number of aromatic nitrogens is 3. The van der Waals surface area contributed by atoms with Gasteiger partial charge in [0.25, 0.3) is 0 Å². The summed E-state index contributed by atoms with van der Waals surface area (Å²) in [6.45, 7) is 8.11. The van der Waals surface area contributed by atoms with Gasteiger partial charge in [0.05, 0.1) is 18.5 Å². The van der Waals surface area contributed by atoms with E-state index in [-0.39, 0.29) is 5.41 Å². The number of para-hydroxylation sites is 1. The zero-order valence-electron chi connectivity index (χ0n) is 14.2. The van der Waals surface area contributed by atoms with Crippen LogP contribution in [0.2, 0.25) is 0 Å². The van der Waals surface area contributed by atoms with Gasteiger partial charge in [-0.15, -0.1) is 5.10 Å². The molecule has 1 aromatic carbocycles. The topological polar surface area (TPSA) is 51.5 Å². The molecule has 0 bridgehead atoms. The van der Waals surface area contributed by atoms with E-state index in [2.05, 4.69) is 48.3 Å². The molecule has 3 heterocycles. The van der Waals surface area contributed by atoms with E-state index in [4.69, 9.17) is 4.74 Å². The summed E-state index contributed by atoms with van der Waals surface area (Å²) in [5, 5.41) is 8.96. The first-order valence-corrected chi connectivity index (χ1v) is 9.12. The Morgan fingerprint density at radius 2 is 2.17 bits per heavy atom. The molecule has 24 heavy (non-hydrogen) atoms. The molecule has 1 aliphatic heterocycles. The lowest BCUT2D eigenvalue weighted by atomic mass is 9.93. The molecule has 0 fully saturated rings. The fourth-order valence-corrected chi connectivity index (χ4v) is 3.67. The van der Waals surface area contributed by atoms with Gasteiger partial charge in [-0.05, 0) is 18.1 Å². The predicted octanol–water partition coefficient (Wildman–Crippen LogP) is 3.75. The number of rotatable bonds is 3. The van der Waals surface area contributed by atoms with E-state index in [9.17, 15) is 0 Å². The Morgan fingerprint density at radius 1 is 1.33 bits per heavy atom. The smallest absolute Gasteiger partial charge is 0.214 e. The molecule has 0 radical (unpaired) electrons. The number of hydrogen-bond acceptors (Lipinski definition) is 5. The van der Waals surface area contributed by atoms with Crippen molar-refractivity contribution in [1.29, 1.82) is 0 Å². The summed E-state index contributed by atoms with van der Waals surface area (Å²) in [7, 11) is 0. The molecule has 6 heteroatoms. The standard InChI is InChI=1S/C18H22N4OS/c1-18(2,3)15-10-22-17(20-15)24-16(21-22)19-9-12-8-13-6-4-5-7-14(13)23-11-12/h4-7,10,12H,8-9,11H2,1-3H3,(H,19,21)/t12-/m1/s1. The van der Waals surface area contributed by atoms with Gasteiger partial charge in [0, 0.05) is 17.9 Å².